The number of carbonyl (C=O) groups is 1. The maximum Gasteiger partial charge on any atom is 0.416 e. The van der Waals surface area contributed by atoms with E-state index in [2.05, 4.69) is 5.32 Å². The monoisotopic (exact) mass is 311 g/mol. The van der Waals surface area contributed by atoms with Gasteiger partial charge in [-0.1, -0.05) is 0 Å². The first-order valence-corrected chi connectivity index (χ1v) is 6.51. The molecule has 2 rings (SSSR count). The van der Waals surface area contributed by atoms with Gasteiger partial charge in [0.2, 0.25) is 0 Å². The highest BCUT2D eigenvalue weighted by atomic mass is 19.4. The fourth-order valence-corrected chi connectivity index (χ4v) is 2.09. The van der Waals surface area contributed by atoms with Crippen molar-refractivity contribution in [2.45, 2.75) is 6.18 Å². The summed E-state index contributed by atoms with van der Waals surface area (Å²) >= 11 is 0. The molecule has 0 radical (unpaired) electrons. The summed E-state index contributed by atoms with van der Waals surface area (Å²) in [5, 5.41) is 2.55. The average molecular weight is 311 g/mol. The number of benzene rings is 1. The van der Waals surface area contributed by atoms with Crippen LogP contribution in [0.3, 0.4) is 0 Å². The molecule has 2 aromatic rings. The number of alkyl halides is 3. The topological polar surface area (TPSA) is 37.3 Å². The largest absolute Gasteiger partial charge is 0.416 e. The molecule has 1 amide bonds. The van der Waals surface area contributed by atoms with Gasteiger partial charge in [0, 0.05) is 27.3 Å². The highest BCUT2D eigenvalue weighted by molar-refractivity contribution is 6.05. The van der Waals surface area contributed by atoms with Gasteiger partial charge in [0.15, 0.2) is 0 Å². The van der Waals surface area contributed by atoms with E-state index in [9.17, 15) is 18.0 Å². The number of rotatable bonds is 3. The number of halogens is 3. The third kappa shape index (κ3) is 3.24. The van der Waals surface area contributed by atoms with Gasteiger partial charge in [0.05, 0.1) is 16.9 Å². The lowest BCUT2D eigenvalue weighted by atomic mass is 10.1. The normalized spacial score (nSPS) is 11.4. The molecule has 0 aliphatic heterocycles. The molecule has 0 bridgehead atoms. The van der Waals surface area contributed by atoms with Gasteiger partial charge in [-0.3, -0.25) is 4.79 Å². The van der Waals surface area contributed by atoms with Crippen molar-refractivity contribution in [2.75, 3.05) is 24.3 Å². The SMILES string of the molecule is CN(C)c1ccc(C(F)(F)F)cc1NC(=O)c1cccn1C. The van der Waals surface area contributed by atoms with Crippen molar-refractivity contribution >= 4 is 17.3 Å². The van der Waals surface area contributed by atoms with Crippen molar-refractivity contribution in [3.8, 4) is 0 Å². The van der Waals surface area contributed by atoms with Gasteiger partial charge in [-0.15, -0.1) is 0 Å². The minimum Gasteiger partial charge on any atom is -0.376 e. The lowest BCUT2D eigenvalue weighted by molar-refractivity contribution is -0.137. The van der Waals surface area contributed by atoms with Crippen LogP contribution in [-0.4, -0.2) is 24.6 Å². The molecule has 1 aromatic carbocycles. The Labute approximate surface area is 126 Å². The van der Waals surface area contributed by atoms with Gasteiger partial charge in [0.25, 0.3) is 5.91 Å². The molecule has 0 saturated heterocycles. The quantitative estimate of drug-likeness (QED) is 0.944. The highest BCUT2D eigenvalue weighted by Gasteiger charge is 2.31. The average Bonchev–Trinajstić information content (AvgIpc) is 2.83. The third-order valence-corrected chi connectivity index (χ3v) is 3.23. The molecule has 0 unspecified atom stereocenters. The van der Waals surface area contributed by atoms with Crippen molar-refractivity contribution in [3.05, 3.63) is 47.8 Å². The van der Waals surface area contributed by atoms with Crippen molar-refractivity contribution in [1.82, 2.24) is 4.57 Å². The fraction of sp³-hybridized carbons (Fsp3) is 0.267. The minimum atomic E-state index is -4.46. The summed E-state index contributed by atoms with van der Waals surface area (Å²) in [6.07, 6.45) is -2.77. The van der Waals surface area contributed by atoms with Crippen LogP contribution in [0.4, 0.5) is 24.5 Å². The summed E-state index contributed by atoms with van der Waals surface area (Å²) in [5.41, 5.74) is 0.170. The first-order chi connectivity index (χ1) is 10.2. The Morgan fingerprint density at radius 3 is 2.41 bits per heavy atom. The molecule has 1 aromatic heterocycles. The lowest BCUT2D eigenvalue weighted by Gasteiger charge is -2.20. The van der Waals surface area contributed by atoms with Crippen molar-refractivity contribution in [3.63, 3.8) is 0 Å². The second kappa shape index (κ2) is 5.75. The van der Waals surface area contributed by atoms with Crippen LogP contribution < -0.4 is 10.2 Å². The molecule has 4 nitrogen and oxygen atoms in total. The number of carbonyl (C=O) groups excluding carboxylic acids is 1. The number of aromatic nitrogens is 1. The van der Waals surface area contributed by atoms with Crippen LogP contribution in [0.15, 0.2) is 36.5 Å². The summed E-state index contributed by atoms with van der Waals surface area (Å²) in [7, 11) is 5.08. The van der Waals surface area contributed by atoms with Gasteiger partial charge in [-0.2, -0.15) is 13.2 Å². The Hall–Kier alpha value is -2.44. The Bertz CT molecular complexity index is 690. The predicted octanol–water partition coefficient (Wildman–Crippen LogP) is 3.36. The first kappa shape index (κ1) is 15.9. The molecular formula is C15H16F3N3O. The van der Waals surface area contributed by atoms with E-state index in [1.165, 1.54) is 6.07 Å². The summed E-state index contributed by atoms with van der Waals surface area (Å²) in [5.74, 6) is -0.463. The van der Waals surface area contributed by atoms with Crippen LogP contribution in [0.2, 0.25) is 0 Å². The molecule has 0 atom stereocenters. The van der Waals surface area contributed by atoms with Crippen molar-refractivity contribution in [1.29, 1.82) is 0 Å². The molecule has 22 heavy (non-hydrogen) atoms. The maximum atomic E-state index is 12.8. The molecule has 0 fully saturated rings. The van der Waals surface area contributed by atoms with E-state index in [4.69, 9.17) is 0 Å². The number of amides is 1. The van der Waals surface area contributed by atoms with Crippen LogP contribution in [0.25, 0.3) is 0 Å². The van der Waals surface area contributed by atoms with E-state index in [-0.39, 0.29) is 5.69 Å². The first-order valence-electron chi connectivity index (χ1n) is 6.51. The van der Waals surface area contributed by atoms with E-state index in [0.29, 0.717) is 11.4 Å². The summed E-state index contributed by atoms with van der Waals surface area (Å²) in [6, 6.07) is 6.55. The van der Waals surface area contributed by atoms with E-state index < -0.39 is 17.6 Å². The smallest absolute Gasteiger partial charge is 0.376 e. The van der Waals surface area contributed by atoms with E-state index >= 15 is 0 Å². The molecule has 1 heterocycles. The Morgan fingerprint density at radius 1 is 1.23 bits per heavy atom. The molecule has 1 N–H and O–H groups in total. The number of nitrogens with one attached hydrogen (secondary N) is 1. The second-order valence-electron chi connectivity index (χ2n) is 5.08. The van der Waals surface area contributed by atoms with Crippen molar-refractivity contribution < 1.29 is 18.0 Å². The van der Waals surface area contributed by atoms with Gasteiger partial charge in [-0.25, -0.2) is 0 Å². The zero-order chi connectivity index (χ0) is 16.5. The summed E-state index contributed by atoms with van der Waals surface area (Å²) < 4.78 is 40.1. The van der Waals surface area contributed by atoms with Gasteiger partial charge in [0.1, 0.15) is 5.69 Å². The van der Waals surface area contributed by atoms with E-state index in [1.807, 2.05) is 0 Å². The van der Waals surface area contributed by atoms with Crippen LogP contribution >= 0.6 is 0 Å². The number of hydrogen-bond acceptors (Lipinski definition) is 2. The van der Waals surface area contributed by atoms with Gasteiger partial charge < -0.3 is 14.8 Å². The molecular weight excluding hydrogens is 295 g/mol. The maximum absolute atomic E-state index is 12.8. The standard InChI is InChI=1S/C15H16F3N3O/c1-20(2)12-7-6-10(15(16,17)18)9-11(12)19-14(22)13-5-4-8-21(13)3/h4-9H,1-3H3,(H,19,22). The zero-order valence-electron chi connectivity index (χ0n) is 12.4. The van der Waals surface area contributed by atoms with Crippen LogP contribution in [-0.2, 0) is 13.2 Å². The number of anilines is 2. The Morgan fingerprint density at radius 2 is 1.91 bits per heavy atom. The number of aryl methyl sites for hydroxylation is 1. The van der Waals surface area contributed by atoms with Crippen LogP contribution in [0.1, 0.15) is 16.1 Å². The molecule has 0 aliphatic carbocycles. The lowest BCUT2D eigenvalue weighted by Crippen LogP contribution is -2.19. The number of hydrogen-bond donors (Lipinski definition) is 1. The molecule has 7 heteroatoms. The highest BCUT2D eigenvalue weighted by Crippen LogP contribution is 2.35. The molecule has 0 saturated carbocycles. The molecule has 118 valence electrons. The fourth-order valence-electron chi connectivity index (χ4n) is 2.09. The van der Waals surface area contributed by atoms with Gasteiger partial charge >= 0.3 is 6.18 Å². The van der Waals surface area contributed by atoms with E-state index in [0.717, 1.165) is 12.1 Å². The zero-order valence-corrected chi connectivity index (χ0v) is 12.4. The molecule has 0 spiro atoms. The summed E-state index contributed by atoms with van der Waals surface area (Å²) in [4.78, 5) is 13.8. The minimum absolute atomic E-state index is 0.117. The van der Waals surface area contributed by atoms with Gasteiger partial charge in [-0.05, 0) is 30.3 Å². The number of nitrogens with zero attached hydrogens (tertiary/aromatic N) is 2. The Balaban J connectivity index is 2.39. The predicted molar refractivity (Wildman–Crippen MR) is 79.1 cm³/mol. The summed E-state index contributed by atoms with van der Waals surface area (Å²) in [6.45, 7) is 0. The third-order valence-electron chi connectivity index (χ3n) is 3.23. The molecule has 0 aliphatic rings. The van der Waals surface area contributed by atoms with Crippen molar-refractivity contribution in [2.24, 2.45) is 7.05 Å². The van der Waals surface area contributed by atoms with E-state index in [1.54, 1.807) is 48.9 Å². The van der Waals surface area contributed by atoms with Crippen LogP contribution in [0.5, 0.6) is 0 Å². The Kier molecular flexibility index (Phi) is 4.16. The van der Waals surface area contributed by atoms with Crippen LogP contribution in [0, 0.1) is 0 Å². The second-order valence-corrected chi connectivity index (χ2v) is 5.08.